The van der Waals surface area contributed by atoms with Gasteiger partial charge in [0.15, 0.2) is 0 Å². The van der Waals surface area contributed by atoms with E-state index in [9.17, 15) is 0 Å². The van der Waals surface area contributed by atoms with E-state index in [-0.39, 0.29) is 0 Å². The summed E-state index contributed by atoms with van der Waals surface area (Å²) in [6.45, 7) is 2.99. The smallest absolute Gasteiger partial charge is 0.0850 e. The van der Waals surface area contributed by atoms with Crippen molar-refractivity contribution in [3.8, 4) is 0 Å². The van der Waals surface area contributed by atoms with Gasteiger partial charge in [-0.2, -0.15) is 5.10 Å². The number of nitrogens with zero attached hydrogens (tertiary/aromatic N) is 2. The van der Waals surface area contributed by atoms with Crippen molar-refractivity contribution in [1.29, 1.82) is 0 Å². The Kier molecular flexibility index (Phi) is 5.25. The third-order valence-corrected chi connectivity index (χ3v) is 4.36. The van der Waals surface area contributed by atoms with Crippen molar-refractivity contribution in [2.45, 2.75) is 51.2 Å². The van der Waals surface area contributed by atoms with Crippen LogP contribution < -0.4 is 5.32 Å². The summed E-state index contributed by atoms with van der Waals surface area (Å²) in [5.74, 6) is 0. The molecule has 1 N–H and O–H groups in total. The van der Waals surface area contributed by atoms with E-state index in [1.807, 2.05) is 18.8 Å². The summed E-state index contributed by atoms with van der Waals surface area (Å²) in [6, 6.07) is 0.390. The molecule has 1 aliphatic heterocycles. The fourth-order valence-corrected chi connectivity index (χ4v) is 3.10. The Morgan fingerprint density at radius 2 is 2.37 bits per heavy atom. The number of hydrogen-bond donors (Lipinski definition) is 1. The Hall–Kier alpha value is -0.580. The molecular weight excluding hydrogens is 262 g/mol. The van der Waals surface area contributed by atoms with Gasteiger partial charge in [-0.15, -0.1) is 0 Å². The molecule has 0 saturated carbocycles. The van der Waals surface area contributed by atoms with Crippen LogP contribution in [0.15, 0.2) is 0 Å². The topological polar surface area (TPSA) is 39.1 Å². The lowest BCUT2D eigenvalue weighted by atomic mass is 10.0. The predicted octanol–water partition coefficient (Wildman–Crippen LogP) is 2.34. The molecule has 0 bridgehead atoms. The maximum Gasteiger partial charge on any atom is 0.0850 e. The first-order valence-electron chi connectivity index (χ1n) is 7.14. The maximum atomic E-state index is 6.41. The molecule has 0 amide bonds. The van der Waals surface area contributed by atoms with Crippen molar-refractivity contribution in [2.24, 2.45) is 7.05 Å². The molecule has 1 aliphatic rings. The van der Waals surface area contributed by atoms with Crippen molar-refractivity contribution in [3.63, 3.8) is 0 Å². The van der Waals surface area contributed by atoms with Crippen LogP contribution in [0.3, 0.4) is 0 Å². The number of ether oxygens (including phenoxy) is 1. The summed E-state index contributed by atoms with van der Waals surface area (Å²) in [5.41, 5.74) is 2.11. The Morgan fingerprint density at radius 1 is 1.58 bits per heavy atom. The van der Waals surface area contributed by atoms with Gasteiger partial charge in [0.05, 0.1) is 22.5 Å². The number of aryl methyl sites for hydroxylation is 2. The van der Waals surface area contributed by atoms with E-state index < -0.39 is 0 Å². The highest BCUT2D eigenvalue weighted by atomic mass is 35.5. The summed E-state index contributed by atoms with van der Waals surface area (Å²) in [5, 5.41) is 8.68. The van der Waals surface area contributed by atoms with Gasteiger partial charge in [-0.1, -0.05) is 18.5 Å². The van der Waals surface area contributed by atoms with Crippen molar-refractivity contribution >= 4 is 11.6 Å². The molecule has 1 aromatic rings. The van der Waals surface area contributed by atoms with Crippen LogP contribution in [0.5, 0.6) is 0 Å². The van der Waals surface area contributed by atoms with E-state index in [2.05, 4.69) is 17.3 Å². The van der Waals surface area contributed by atoms with Gasteiger partial charge in [0.2, 0.25) is 0 Å². The van der Waals surface area contributed by atoms with E-state index in [0.29, 0.717) is 12.1 Å². The fraction of sp³-hybridized carbons (Fsp3) is 0.786. The molecule has 5 heteroatoms. The van der Waals surface area contributed by atoms with Crippen LogP contribution in [0.25, 0.3) is 0 Å². The Bertz CT molecular complexity index is 413. The first-order chi connectivity index (χ1) is 9.15. The zero-order valence-electron chi connectivity index (χ0n) is 12.1. The fourth-order valence-electron chi connectivity index (χ4n) is 2.73. The number of halogens is 1. The standard InChI is InChI=1S/C14H24ClN3O/c1-4-12-14(15)13(18(3)17-12)9-10(16-2)8-11-6-5-7-19-11/h10-11,16H,4-9H2,1-3H3. The lowest BCUT2D eigenvalue weighted by Crippen LogP contribution is -2.32. The summed E-state index contributed by atoms with van der Waals surface area (Å²) >= 11 is 6.41. The van der Waals surface area contributed by atoms with Crippen LogP contribution in [0.4, 0.5) is 0 Å². The zero-order chi connectivity index (χ0) is 13.8. The molecule has 0 aliphatic carbocycles. The summed E-state index contributed by atoms with van der Waals surface area (Å²) < 4.78 is 7.63. The molecule has 0 radical (unpaired) electrons. The van der Waals surface area contributed by atoms with Gasteiger partial charge in [-0.3, -0.25) is 4.68 Å². The molecule has 0 aromatic carbocycles. The SMILES string of the molecule is CCc1nn(C)c(CC(CC2CCCO2)NC)c1Cl. The van der Waals surface area contributed by atoms with Crippen molar-refractivity contribution < 1.29 is 4.74 Å². The van der Waals surface area contributed by atoms with E-state index >= 15 is 0 Å². The summed E-state index contributed by atoms with van der Waals surface area (Å²) in [7, 11) is 3.98. The first-order valence-corrected chi connectivity index (χ1v) is 7.52. The van der Waals surface area contributed by atoms with E-state index in [1.165, 1.54) is 12.8 Å². The molecule has 4 nitrogen and oxygen atoms in total. The van der Waals surface area contributed by atoms with E-state index in [4.69, 9.17) is 16.3 Å². The number of nitrogens with one attached hydrogen (secondary N) is 1. The molecule has 2 atom stereocenters. The molecule has 108 valence electrons. The Balaban J connectivity index is 2.02. The second kappa shape index (κ2) is 6.73. The summed E-state index contributed by atoms with van der Waals surface area (Å²) in [4.78, 5) is 0. The normalized spacial score (nSPS) is 20.9. The van der Waals surface area contributed by atoms with Gasteiger partial charge in [-0.05, 0) is 32.7 Å². The van der Waals surface area contributed by atoms with Gasteiger partial charge < -0.3 is 10.1 Å². The maximum absolute atomic E-state index is 6.41. The molecule has 1 fully saturated rings. The summed E-state index contributed by atoms with van der Waals surface area (Å²) in [6.07, 6.45) is 5.58. The minimum Gasteiger partial charge on any atom is -0.378 e. The first kappa shape index (κ1) is 14.8. The van der Waals surface area contributed by atoms with Crippen LogP contribution >= 0.6 is 11.6 Å². The van der Waals surface area contributed by atoms with Gasteiger partial charge in [0.25, 0.3) is 0 Å². The average Bonchev–Trinajstić information content (AvgIpc) is 3.00. The highest BCUT2D eigenvalue weighted by Gasteiger charge is 2.22. The van der Waals surface area contributed by atoms with Crippen LogP contribution in [-0.2, 0) is 24.6 Å². The van der Waals surface area contributed by atoms with Crippen LogP contribution in [0, 0.1) is 0 Å². The second-order valence-electron chi connectivity index (χ2n) is 5.24. The third kappa shape index (κ3) is 3.50. The van der Waals surface area contributed by atoms with Gasteiger partial charge in [0.1, 0.15) is 0 Å². The molecule has 2 unspecified atom stereocenters. The Labute approximate surface area is 120 Å². The van der Waals surface area contributed by atoms with E-state index in [1.54, 1.807) is 0 Å². The molecular formula is C14H24ClN3O. The number of hydrogen-bond acceptors (Lipinski definition) is 3. The molecule has 1 saturated heterocycles. The van der Waals surface area contributed by atoms with Crippen LogP contribution in [0.1, 0.15) is 37.6 Å². The number of aromatic nitrogens is 2. The van der Waals surface area contributed by atoms with Crippen molar-refractivity contribution in [3.05, 3.63) is 16.4 Å². The average molecular weight is 286 g/mol. The van der Waals surface area contributed by atoms with Crippen LogP contribution in [-0.4, -0.2) is 35.6 Å². The Morgan fingerprint density at radius 3 is 2.89 bits per heavy atom. The minimum atomic E-state index is 0.390. The zero-order valence-corrected chi connectivity index (χ0v) is 12.8. The monoisotopic (exact) mass is 285 g/mol. The van der Waals surface area contributed by atoms with E-state index in [0.717, 1.165) is 42.3 Å². The molecule has 1 aromatic heterocycles. The molecule has 19 heavy (non-hydrogen) atoms. The number of likely N-dealkylation sites (N-methyl/N-ethyl adjacent to an activating group) is 1. The molecule has 2 rings (SSSR count). The predicted molar refractivity (Wildman–Crippen MR) is 77.7 cm³/mol. The number of rotatable bonds is 6. The highest BCUT2D eigenvalue weighted by Crippen LogP contribution is 2.24. The van der Waals surface area contributed by atoms with Crippen molar-refractivity contribution in [1.82, 2.24) is 15.1 Å². The second-order valence-corrected chi connectivity index (χ2v) is 5.62. The minimum absolute atomic E-state index is 0.390. The van der Waals surface area contributed by atoms with Crippen molar-refractivity contribution in [2.75, 3.05) is 13.7 Å². The lowest BCUT2D eigenvalue weighted by molar-refractivity contribution is 0.0952. The highest BCUT2D eigenvalue weighted by molar-refractivity contribution is 6.31. The van der Waals surface area contributed by atoms with Gasteiger partial charge >= 0.3 is 0 Å². The molecule has 0 spiro atoms. The largest absolute Gasteiger partial charge is 0.378 e. The molecule has 2 heterocycles. The third-order valence-electron chi connectivity index (χ3n) is 3.92. The lowest BCUT2D eigenvalue weighted by Gasteiger charge is -2.20. The van der Waals surface area contributed by atoms with Gasteiger partial charge in [0, 0.05) is 26.1 Å². The quantitative estimate of drug-likeness (QED) is 0.872. The van der Waals surface area contributed by atoms with Gasteiger partial charge in [-0.25, -0.2) is 0 Å². The van der Waals surface area contributed by atoms with Crippen LogP contribution in [0.2, 0.25) is 5.02 Å².